The highest BCUT2D eigenvalue weighted by molar-refractivity contribution is 5.20. The lowest BCUT2D eigenvalue weighted by atomic mass is 9.80. The van der Waals surface area contributed by atoms with Gasteiger partial charge in [-0.2, -0.15) is 5.26 Å². The summed E-state index contributed by atoms with van der Waals surface area (Å²) in [5, 5.41) is 19.3. The van der Waals surface area contributed by atoms with E-state index < -0.39 is 11.5 Å². The number of aromatic nitrogens is 1. The van der Waals surface area contributed by atoms with Crippen molar-refractivity contribution in [1.29, 1.82) is 5.26 Å². The van der Waals surface area contributed by atoms with Gasteiger partial charge in [0.05, 0.1) is 12.7 Å². The number of pyridine rings is 1. The summed E-state index contributed by atoms with van der Waals surface area (Å²) in [5.74, 6) is 0. The lowest BCUT2D eigenvalue weighted by molar-refractivity contribution is 0.0502. The molecule has 4 nitrogen and oxygen atoms in total. The van der Waals surface area contributed by atoms with E-state index in [1.165, 1.54) is 0 Å². The Kier molecular flexibility index (Phi) is 2.67. The normalized spacial score (nSPS) is 27.2. The smallest absolute Gasteiger partial charge is 0.113 e. The summed E-state index contributed by atoms with van der Waals surface area (Å²) in [4.78, 5) is 3.93. The highest BCUT2D eigenvalue weighted by Gasteiger charge is 2.43. The summed E-state index contributed by atoms with van der Waals surface area (Å²) in [5.41, 5.74) is -0.132. The summed E-state index contributed by atoms with van der Waals surface area (Å²) in [6.45, 7) is 0.824. The van der Waals surface area contributed by atoms with Gasteiger partial charge in [0.2, 0.25) is 0 Å². The van der Waals surface area contributed by atoms with Gasteiger partial charge in [-0.05, 0) is 12.5 Å². The molecule has 1 aromatic heterocycles. The van der Waals surface area contributed by atoms with Crippen molar-refractivity contribution in [2.24, 2.45) is 5.41 Å². The van der Waals surface area contributed by atoms with E-state index >= 15 is 0 Å². The predicted octanol–water partition coefficient (Wildman–Crippen LogP) is 1.05. The van der Waals surface area contributed by atoms with Gasteiger partial charge < -0.3 is 9.84 Å². The molecule has 0 radical (unpaired) electrons. The molecular formula is C11H12N2O2. The van der Waals surface area contributed by atoms with Crippen molar-refractivity contribution in [1.82, 2.24) is 4.98 Å². The van der Waals surface area contributed by atoms with Gasteiger partial charge in [0.25, 0.3) is 0 Å². The molecule has 0 bridgehead atoms. The number of nitrogens with zero attached hydrogens (tertiary/aromatic N) is 2. The summed E-state index contributed by atoms with van der Waals surface area (Å²) >= 11 is 0. The van der Waals surface area contributed by atoms with Crippen LogP contribution < -0.4 is 0 Å². The van der Waals surface area contributed by atoms with Crippen molar-refractivity contribution >= 4 is 0 Å². The number of hydrogen-bond donors (Lipinski definition) is 1. The first kappa shape index (κ1) is 10.1. The van der Waals surface area contributed by atoms with Gasteiger partial charge in [-0.25, -0.2) is 0 Å². The zero-order chi connectivity index (χ0) is 10.7. The van der Waals surface area contributed by atoms with E-state index in [0.29, 0.717) is 25.2 Å². The summed E-state index contributed by atoms with van der Waals surface area (Å²) in [6.07, 6.45) is 2.97. The predicted molar refractivity (Wildman–Crippen MR) is 52.7 cm³/mol. The maximum Gasteiger partial charge on any atom is 0.113 e. The molecule has 1 N–H and O–H groups in total. The third-order valence-electron chi connectivity index (χ3n) is 2.80. The maximum absolute atomic E-state index is 10.1. The van der Waals surface area contributed by atoms with Crippen LogP contribution in [0.4, 0.5) is 0 Å². The SMILES string of the molecule is N#CC1(C(O)c2cccnc2)CCOC1. The summed E-state index contributed by atoms with van der Waals surface area (Å²) < 4.78 is 5.19. The van der Waals surface area contributed by atoms with Crippen LogP contribution in [0.2, 0.25) is 0 Å². The first-order chi connectivity index (χ1) is 7.28. The number of nitriles is 1. The number of rotatable bonds is 2. The van der Waals surface area contributed by atoms with E-state index in [-0.39, 0.29) is 0 Å². The van der Waals surface area contributed by atoms with Crippen molar-refractivity contribution < 1.29 is 9.84 Å². The third-order valence-corrected chi connectivity index (χ3v) is 2.80. The minimum absolute atomic E-state index is 0.291. The summed E-state index contributed by atoms with van der Waals surface area (Å²) in [7, 11) is 0. The zero-order valence-electron chi connectivity index (χ0n) is 8.26. The van der Waals surface area contributed by atoms with E-state index in [4.69, 9.17) is 10.00 Å². The minimum atomic E-state index is -0.821. The maximum atomic E-state index is 10.1. The Balaban J connectivity index is 2.27. The Labute approximate surface area is 88.1 Å². The highest BCUT2D eigenvalue weighted by Crippen LogP contribution is 2.40. The molecule has 2 atom stereocenters. The van der Waals surface area contributed by atoms with Gasteiger partial charge in [-0.3, -0.25) is 4.98 Å². The molecule has 1 saturated heterocycles. The van der Waals surface area contributed by atoms with Crippen LogP contribution in [-0.2, 0) is 4.74 Å². The average molecular weight is 204 g/mol. The number of aliphatic hydroxyl groups excluding tert-OH is 1. The minimum Gasteiger partial charge on any atom is -0.387 e. The van der Waals surface area contributed by atoms with Gasteiger partial charge in [-0.15, -0.1) is 0 Å². The molecule has 15 heavy (non-hydrogen) atoms. The van der Waals surface area contributed by atoms with E-state index in [1.807, 2.05) is 0 Å². The average Bonchev–Trinajstić information content (AvgIpc) is 2.79. The molecule has 2 rings (SSSR count). The van der Waals surface area contributed by atoms with E-state index in [9.17, 15) is 5.11 Å². The number of hydrogen-bond acceptors (Lipinski definition) is 4. The molecule has 78 valence electrons. The molecular weight excluding hydrogens is 192 g/mol. The van der Waals surface area contributed by atoms with Gasteiger partial charge in [0.1, 0.15) is 11.5 Å². The second-order valence-electron chi connectivity index (χ2n) is 3.76. The van der Waals surface area contributed by atoms with Crippen LogP contribution in [0.15, 0.2) is 24.5 Å². The van der Waals surface area contributed by atoms with Gasteiger partial charge in [0.15, 0.2) is 0 Å². The molecule has 2 heterocycles. The van der Waals surface area contributed by atoms with E-state index in [0.717, 1.165) is 0 Å². The molecule has 1 aliphatic heterocycles. The van der Waals surface area contributed by atoms with Gasteiger partial charge in [0, 0.05) is 24.6 Å². The molecule has 1 fully saturated rings. The highest BCUT2D eigenvalue weighted by atomic mass is 16.5. The molecule has 0 aliphatic carbocycles. The second kappa shape index (κ2) is 3.97. The molecule has 0 aromatic carbocycles. The molecule has 1 aromatic rings. The molecule has 0 saturated carbocycles. The van der Waals surface area contributed by atoms with Crippen molar-refractivity contribution in [2.75, 3.05) is 13.2 Å². The fourth-order valence-corrected chi connectivity index (χ4v) is 1.80. The topological polar surface area (TPSA) is 66.1 Å². The fraction of sp³-hybridized carbons (Fsp3) is 0.455. The Bertz CT molecular complexity index is 366. The van der Waals surface area contributed by atoms with Crippen molar-refractivity contribution in [3.05, 3.63) is 30.1 Å². The van der Waals surface area contributed by atoms with Crippen LogP contribution in [0, 0.1) is 16.7 Å². The molecule has 2 unspecified atom stereocenters. The van der Waals surface area contributed by atoms with Crippen LogP contribution in [0.25, 0.3) is 0 Å². The van der Waals surface area contributed by atoms with Gasteiger partial charge >= 0.3 is 0 Å². The number of aliphatic hydroxyl groups is 1. The standard InChI is InChI=1S/C11H12N2O2/c12-7-11(3-5-15-8-11)10(14)9-2-1-4-13-6-9/h1-2,4,6,10,14H,3,5,8H2. The number of ether oxygens (including phenoxy) is 1. The molecule has 0 spiro atoms. The van der Waals surface area contributed by atoms with Crippen LogP contribution in [0.5, 0.6) is 0 Å². The molecule has 1 aliphatic rings. The monoisotopic (exact) mass is 204 g/mol. The van der Waals surface area contributed by atoms with Crippen LogP contribution >= 0.6 is 0 Å². The first-order valence-electron chi connectivity index (χ1n) is 4.85. The zero-order valence-corrected chi connectivity index (χ0v) is 8.26. The van der Waals surface area contributed by atoms with Gasteiger partial charge in [-0.1, -0.05) is 6.07 Å². The quantitative estimate of drug-likeness (QED) is 0.781. The van der Waals surface area contributed by atoms with Crippen LogP contribution in [-0.4, -0.2) is 23.3 Å². The van der Waals surface area contributed by atoms with Crippen molar-refractivity contribution in [2.45, 2.75) is 12.5 Å². The Morgan fingerprint density at radius 1 is 1.67 bits per heavy atom. The summed E-state index contributed by atoms with van der Waals surface area (Å²) in [6, 6.07) is 5.70. The van der Waals surface area contributed by atoms with E-state index in [1.54, 1.807) is 24.5 Å². The largest absolute Gasteiger partial charge is 0.387 e. The Morgan fingerprint density at radius 2 is 2.53 bits per heavy atom. The lowest BCUT2D eigenvalue weighted by Crippen LogP contribution is -2.27. The fourth-order valence-electron chi connectivity index (χ4n) is 1.80. The van der Waals surface area contributed by atoms with Crippen molar-refractivity contribution in [3.8, 4) is 6.07 Å². The third kappa shape index (κ3) is 1.72. The molecule has 0 amide bonds. The van der Waals surface area contributed by atoms with Crippen LogP contribution in [0.1, 0.15) is 18.1 Å². The van der Waals surface area contributed by atoms with Crippen molar-refractivity contribution in [3.63, 3.8) is 0 Å². The molecule has 4 heteroatoms. The Morgan fingerprint density at radius 3 is 3.07 bits per heavy atom. The van der Waals surface area contributed by atoms with E-state index in [2.05, 4.69) is 11.1 Å². The first-order valence-corrected chi connectivity index (χ1v) is 4.85. The Hall–Kier alpha value is -1.44. The van der Waals surface area contributed by atoms with Crippen LogP contribution in [0.3, 0.4) is 0 Å². The lowest BCUT2D eigenvalue weighted by Gasteiger charge is -2.25. The second-order valence-corrected chi connectivity index (χ2v) is 3.76.